The van der Waals surface area contributed by atoms with Crippen molar-refractivity contribution >= 4 is 5.69 Å². The fourth-order valence-electron chi connectivity index (χ4n) is 3.01. The average molecular weight is 296 g/mol. The number of nitrogens with one attached hydrogen (secondary N) is 2. The standard InChI is InChI=1S/C19H24N2O/c1-14-12-17-13-16(4-7-19(17)21-14)9-11-20-10-8-15-2-5-18(22)6-3-15/h2-7,13-14,20-22H,8-12H2,1H3. The van der Waals surface area contributed by atoms with Crippen LogP contribution < -0.4 is 10.6 Å². The summed E-state index contributed by atoms with van der Waals surface area (Å²) in [5.74, 6) is 0.331. The van der Waals surface area contributed by atoms with Gasteiger partial charge in [0.25, 0.3) is 0 Å². The van der Waals surface area contributed by atoms with Crippen molar-refractivity contribution in [3.63, 3.8) is 0 Å². The molecule has 0 spiro atoms. The van der Waals surface area contributed by atoms with E-state index in [2.05, 4.69) is 35.8 Å². The van der Waals surface area contributed by atoms with Gasteiger partial charge in [-0.1, -0.05) is 24.3 Å². The molecule has 3 nitrogen and oxygen atoms in total. The molecule has 2 aromatic rings. The highest BCUT2D eigenvalue weighted by Gasteiger charge is 2.16. The highest BCUT2D eigenvalue weighted by Crippen LogP contribution is 2.26. The zero-order valence-corrected chi connectivity index (χ0v) is 13.1. The first-order valence-electron chi connectivity index (χ1n) is 8.08. The third kappa shape index (κ3) is 3.80. The molecule has 0 amide bonds. The minimum absolute atomic E-state index is 0.331. The molecule has 0 saturated heterocycles. The van der Waals surface area contributed by atoms with E-state index in [4.69, 9.17) is 0 Å². The van der Waals surface area contributed by atoms with Crippen molar-refractivity contribution in [2.24, 2.45) is 0 Å². The Labute approximate surface area is 132 Å². The van der Waals surface area contributed by atoms with Crippen LogP contribution in [0.25, 0.3) is 0 Å². The summed E-state index contributed by atoms with van der Waals surface area (Å²) in [7, 11) is 0. The lowest BCUT2D eigenvalue weighted by Gasteiger charge is -2.07. The monoisotopic (exact) mass is 296 g/mol. The molecule has 3 rings (SSSR count). The number of rotatable bonds is 6. The molecule has 0 radical (unpaired) electrons. The largest absolute Gasteiger partial charge is 0.508 e. The summed E-state index contributed by atoms with van der Waals surface area (Å²) in [5, 5.41) is 16.2. The van der Waals surface area contributed by atoms with Crippen LogP contribution in [0.15, 0.2) is 42.5 Å². The molecule has 0 aliphatic carbocycles. The molecule has 116 valence electrons. The van der Waals surface area contributed by atoms with E-state index in [0.717, 1.165) is 32.4 Å². The second-order valence-corrected chi connectivity index (χ2v) is 6.16. The van der Waals surface area contributed by atoms with Crippen molar-refractivity contribution in [3.05, 3.63) is 59.2 Å². The van der Waals surface area contributed by atoms with Gasteiger partial charge in [-0.15, -0.1) is 0 Å². The summed E-state index contributed by atoms with van der Waals surface area (Å²) >= 11 is 0. The van der Waals surface area contributed by atoms with Crippen LogP contribution in [-0.2, 0) is 19.3 Å². The van der Waals surface area contributed by atoms with Crippen molar-refractivity contribution in [1.29, 1.82) is 0 Å². The van der Waals surface area contributed by atoms with Crippen LogP contribution in [0.5, 0.6) is 5.75 Å². The number of fused-ring (bicyclic) bond motifs is 1. The van der Waals surface area contributed by atoms with Crippen LogP contribution in [0.3, 0.4) is 0 Å². The third-order valence-corrected chi connectivity index (χ3v) is 4.21. The van der Waals surface area contributed by atoms with Gasteiger partial charge in [-0.25, -0.2) is 0 Å². The maximum atomic E-state index is 9.26. The lowest BCUT2D eigenvalue weighted by Crippen LogP contribution is -2.20. The number of anilines is 1. The molecule has 0 bridgehead atoms. The number of hydrogen-bond acceptors (Lipinski definition) is 3. The van der Waals surface area contributed by atoms with Gasteiger partial charge in [0.2, 0.25) is 0 Å². The summed E-state index contributed by atoms with van der Waals surface area (Å²) in [6.45, 7) is 4.19. The molecule has 3 heteroatoms. The minimum Gasteiger partial charge on any atom is -0.508 e. The predicted molar refractivity (Wildman–Crippen MR) is 91.6 cm³/mol. The molecule has 0 fully saturated rings. The molecular formula is C19H24N2O. The highest BCUT2D eigenvalue weighted by atomic mass is 16.3. The Hall–Kier alpha value is -2.00. The third-order valence-electron chi connectivity index (χ3n) is 4.21. The topological polar surface area (TPSA) is 44.3 Å². The van der Waals surface area contributed by atoms with Gasteiger partial charge in [0, 0.05) is 11.7 Å². The zero-order valence-electron chi connectivity index (χ0n) is 13.1. The van der Waals surface area contributed by atoms with Crippen LogP contribution in [-0.4, -0.2) is 24.2 Å². The Kier molecular flexibility index (Phi) is 4.64. The van der Waals surface area contributed by atoms with Gasteiger partial charge in [-0.2, -0.15) is 0 Å². The van der Waals surface area contributed by atoms with Gasteiger partial charge in [0.15, 0.2) is 0 Å². The van der Waals surface area contributed by atoms with Gasteiger partial charge < -0.3 is 15.7 Å². The molecule has 1 heterocycles. The summed E-state index contributed by atoms with van der Waals surface area (Å²) in [5.41, 5.74) is 5.42. The molecule has 22 heavy (non-hydrogen) atoms. The van der Waals surface area contributed by atoms with Gasteiger partial charge in [-0.3, -0.25) is 0 Å². The lowest BCUT2D eigenvalue weighted by molar-refractivity contribution is 0.475. The zero-order chi connectivity index (χ0) is 15.4. The van der Waals surface area contributed by atoms with Gasteiger partial charge >= 0.3 is 0 Å². The van der Waals surface area contributed by atoms with Gasteiger partial charge in [0.1, 0.15) is 5.75 Å². The van der Waals surface area contributed by atoms with Gasteiger partial charge in [0.05, 0.1) is 0 Å². The van der Waals surface area contributed by atoms with Crippen molar-refractivity contribution in [1.82, 2.24) is 5.32 Å². The molecular weight excluding hydrogens is 272 g/mol. The predicted octanol–water partition coefficient (Wildman–Crippen LogP) is 3.12. The van der Waals surface area contributed by atoms with E-state index < -0.39 is 0 Å². The van der Waals surface area contributed by atoms with Gasteiger partial charge in [-0.05, 0) is 74.2 Å². The Morgan fingerprint density at radius 2 is 1.73 bits per heavy atom. The van der Waals surface area contributed by atoms with Crippen LogP contribution in [0.1, 0.15) is 23.6 Å². The van der Waals surface area contributed by atoms with Crippen LogP contribution >= 0.6 is 0 Å². The fraction of sp³-hybridized carbons (Fsp3) is 0.368. The lowest BCUT2D eigenvalue weighted by atomic mass is 10.0. The van der Waals surface area contributed by atoms with Crippen LogP contribution in [0, 0.1) is 0 Å². The first-order chi connectivity index (χ1) is 10.7. The maximum Gasteiger partial charge on any atom is 0.115 e. The van der Waals surface area contributed by atoms with E-state index >= 15 is 0 Å². The minimum atomic E-state index is 0.331. The number of phenols is 1. The molecule has 1 aliphatic rings. The second-order valence-electron chi connectivity index (χ2n) is 6.16. The molecule has 1 aliphatic heterocycles. The molecule has 3 N–H and O–H groups in total. The molecule has 0 aromatic heterocycles. The van der Waals surface area contributed by atoms with E-state index in [1.54, 1.807) is 12.1 Å². The quantitative estimate of drug-likeness (QED) is 0.718. The van der Waals surface area contributed by atoms with E-state index in [1.807, 2.05) is 12.1 Å². The number of phenolic OH excluding ortho intramolecular Hbond substituents is 1. The second kappa shape index (κ2) is 6.84. The summed E-state index contributed by atoms with van der Waals surface area (Å²) in [4.78, 5) is 0. The number of hydrogen-bond donors (Lipinski definition) is 3. The average Bonchev–Trinajstić information content (AvgIpc) is 2.88. The first-order valence-corrected chi connectivity index (χ1v) is 8.08. The smallest absolute Gasteiger partial charge is 0.115 e. The molecule has 0 saturated carbocycles. The van der Waals surface area contributed by atoms with Crippen LogP contribution in [0.2, 0.25) is 0 Å². The Morgan fingerprint density at radius 1 is 1.05 bits per heavy atom. The van der Waals surface area contributed by atoms with E-state index in [9.17, 15) is 5.11 Å². The maximum absolute atomic E-state index is 9.26. The number of aromatic hydroxyl groups is 1. The summed E-state index contributed by atoms with van der Waals surface area (Å²) in [6, 6.07) is 14.8. The van der Waals surface area contributed by atoms with E-state index in [0.29, 0.717) is 11.8 Å². The summed E-state index contributed by atoms with van der Waals surface area (Å²) in [6.07, 6.45) is 3.20. The molecule has 2 aromatic carbocycles. The van der Waals surface area contributed by atoms with Crippen molar-refractivity contribution in [2.45, 2.75) is 32.2 Å². The van der Waals surface area contributed by atoms with E-state index in [-0.39, 0.29) is 0 Å². The van der Waals surface area contributed by atoms with Crippen LogP contribution in [0.4, 0.5) is 5.69 Å². The Bertz CT molecular complexity index is 622. The highest BCUT2D eigenvalue weighted by molar-refractivity contribution is 5.57. The van der Waals surface area contributed by atoms with E-state index in [1.165, 1.54) is 22.4 Å². The first kappa shape index (κ1) is 14.9. The van der Waals surface area contributed by atoms with Crippen molar-refractivity contribution < 1.29 is 5.11 Å². The molecule has 1 unspecified atom stereocenters. The normalized spacial score (nSPS) is 16.3. The van der Waals surface area contributed by atoms with Crippen molar-refractivity contribution in [3.8, 4) is 5.75 Å². The Balaban J connectivity index is 1.40. The fourth-order valence-corrected chi connectivity index (χ4v) is 3.01. The summed E-state index contributed by atoms with van der Waals surface area (Å²) < 4.78 is 0. The SMILES string of the molecule is CC1Cc2cc(CCNCCc3ccc(O)cc3)ccc2N1. The van der Waals surface area contributed by atoms with Crippen molar-refractivity contribution in [2.75, 3.05) is 18.4 Å². The number of benzene rings is 2. The molecule has 1 atom stereocenters. The Morgan fingerprint density at radius 3 is 2.50 bits per heavy atom.